The Hall–Kier alpha value is -2.62. The quantitative estimate of drug-likeness (QED) is 0.155. The number of hydrogen-bond acceptors (Lipinski definition) is 6. The minimum atomic E-state index is -4.64. The van der Waals surface area contributed by atoms with E-state index in [4.69, 9.17) is 24.4 Å². The number of nitrogens with one attached hydrogen (secondary N) is 4. The van der Waals surface area contributed by atoms with E-state index < -0.39 is 30.0 Å². The van der Waals surface area contributed by atoms with Gasteiger partial charge >= 0.3 is 0 Å². The van der Waals surface area contributed by atoms with Gasteiger partial charge in [0.25, 0.3) is 20.2 Å². The summed E-state index contributed by atoms with van der Waals surface area (Å²) in [4.78, 5) is -0.846. The molecule has 0 radical (unpaired) electrons. The summed E-state index contributed by atoms with van der Waals surface area (Å²) < 4.78 is 67.5. The molecule has 2 aromatic rings. The van der Waals surface area contributed by atoms with Crippen LogP contribution in [0.2, 0.25) is 0 Å². The Bertz CT molecular complexity index is 1280. The SMILES string of the molecule is CC(C)NC(=S)Nc1ccc(C=Cc2ccc(NC(=S)NC(C)C)cc2S(=O)(=O)O)c(S(=O)(=O)O)c1. The van der Waals surface area contributed by atoms with E-state index in [-0.39, 0.29) is 33.4 Å². The highest BCUT2D eigenvalue weighted by Crippen LogP contribution is 2.26. The van der Waals surface area contributed by atoms with Crippen LogP contribution in [0.3, 0.4) is 0 Å². The molecule has 0 saturated carbocycles. The van der Waals surface area contributed by atoms with E-state index in [2.05, 4.69) is 21.3 Å². The molecule has 196 valence electrons. The minimum absolute atomic E-state index is 0.0499. The lowest BCUT2D eigenvalue weighted by Gasteiger charge is -2.15. The topological polar surface area (TPSA) is 157 Å². The summed E-state index contributed by atoms with van der Waals surface area (Å²) in [6, 6.07) is 8.41. The summed E-state index contributed by atoms with van der Waals surface area (Å²) in [7, 11) is -9.28. The van der Waals surface area contributed by atoms with E-state index in [0.29, 0.717) is 11.4 Å². The van der Waals surface area contributed by atoms with Crippen LogP contribution in [-0.4, -0.2) is 48.2 Å². The van der Waals surface area contributed by atoms with Crippen LogP contribution in [0.4, 0.5) is 11.4 Å². The van der Waals surface area contributed by atoms with Gasteiger partial charge in [-0.1, -0.05) is 24.3 Å². The number of anilines is 2. The van der Waals surface area contributed by atoms with Crippen LogP contribution in [0.1, 0.15) is 38.8 Å². The average molecular weight is 573 g/mol. The van der Waals surface area contributed by atoms with Crippen molar-refractivity contribution in [2.24, 2.45) is 0 Å². The molecule has 10 nitrogen and oxygen atoms in total. The molecule has 2 aromatic carbocycles. The van der Waals surface area contributed by atoms with E-state index in [0.717, 1.165) is 0 Å². The largest absolute Gasteiger partial charge is 0.360 e. The van der Waals surface area contributed by atoms with Gasteiger partial charge in [-0.2, -0.15) is 16.8 Å². The summed E-state index contributed by atoms with van der Waals surface area (Å²) in [5.41, 5.74) is 0.795. The second-order valence-electron chi connectivity index (χ2n) is 8.30. The van der Waals surface area contributed by atoms with Crippen LogP contribution in [0, 0.1) is 0 Å². The van der Waals surface area contributed by atoms with Crippen molar-refractivity contribution in [1.82, 2.24) is 10.6 Å². The molecule has 0 saturated heterocycles. The van der Waals surface area contributed by atoms with Gasteiger partial charge in [-0.25, -0.2) is 0 Å². The third kappa shape index (κ3) is 9.11. The second kappa shape index (κ2) is 12.1. The summed E-state index contributed by atoms with van der Waals surface area (Å²) >= 11 is 10.3. The Balaban J connectivity index is 2.44. The molecule has 0 bridgehead atoms. The summed E-state index contributed by atoms with van der Waals surface area (Å²) in [5, 5.41) is 12.1. The molecule has 0 fully saturated rings. The van der Waals surface area contributed by atoms with E-state index in [1.807, 2.05) is 27.7 Å². The highest BCUT2D eigenvalue weighted by Gasteiger charge is 2.18. The summed E-state index contributed by atoms with van der Waals surface area (Å²) in [6.07, 6.45) is 2.61. The molecular weight excluding hydrogens is 545 g/mol. The first-order valence-electron chi connectivity index (χ1n) is 10.6. The summed E-state index contributed by atoms with van der Waals surface area (Å²) in [5.74, 6) is 0. The maximum absolute atomic E-state index is 12.0. The lowest BCUT2D eigenvalue weighted by Crippen LogP contribution is -2.33. The van der Waals surface area contributed by atoms with E-state index >= 15 is 0 Å². The van der Waals surface area contributed by atoms with Crippen molar-refractivity contribution in [2.75, 3.05) is 10.6 Å². The molecule has 0 amide bonds. The molecular formula is C22H28N4O6S4. The lowest BCUT2D eigenvalue weighted by molar-refractivity contribution is 0.480. The zero-order valence-electron chi connectivity index (χ0n) is 19.9. The molecule has 0 aliphatic rings. The Morgan fingerprint density at radius 2 is 1.06 bits per heavy atom. The molecule has 0 aliphatic heterocycles. The number of rotatable bonds is 8. The monoisotopic (exact) mass is 572 g/mol. The molecule has 0 aliphatic carbocycles. The van der Waals surface area contributed by atoms with Gasteiger partial charge in [0, 0.05) is 23.5 Å². The van der Waals surface area contributed by atoms with Crippen molar-refractivity contribution in [1.29, 1.82) is 0 Å². The summed E-state index contributed by atoms with van der Waals surface area (Å²) in [6.45, 7) is 7.52. The van der Waals surface area contributed by atoms with Crippen molar-refractivity contribution in [3.63, 3.8) is 0 Å². The van der Waals surface area contributed by atoms with Gasteiger partial charge in [0.2, 0.25) is 0 Å². The predicted octanol–water partition coefficient (Wildman–Crippen LogP) is 3.74. The molecule has 14 heteroatoms. The van der Waals surface area contributed by atoms with Gasteiger partial charge in [0.15, 0.2) is 10.2 Å². The molecule has 0 heterocycles. The third-order valence-electron chi connectivity index (χ3n) is 4.38. The Morgan fingerprint density at radius 1 is 0.722 bits per heavy atom. The highest BCUT2D eigenvalue weighted by molar-refractivity contribution is 7.86. The van der Waals surface area contributed by atoms with Crippen LogP contribution in [0.5, 0.6) is 0 Å². The van der Waals surface area contributed by atoms with E-state index in [1.165, 1.54) is 36.4 Å². The van der Waals surface area contributed by atoms with Gasteiger partial charge in [-0.3, -0.25) is 9.11 Å². The predicted molar refractivity (Wildman–Crippen MR) is 150 cm³/mol. The van der Waals surface area contributed by atoms with Crippen LogP contribution >= 0.6 is 24.4 Å². The molecule has 0 aromatic heterocycles. The number of thiocarbonyl (C=S) groups is 2. The first kappa shape index (κ1) is 29.6. The Kier molecular flexibility index (Phi) is 9.93. The fourth-order valence-electron chi connectivity index (χ4n) is 2.98. The minimum Gasteiger partial charge on any atom is -0.360 e. The zero-order chi connectivity index (χ0) is 27.3. The van der Waals surface area contributed by atoms with Crippen molar-refractivity contribution < 1.29 is 25.9 Å². The first-order valence-corrected chi connectivity index (χ1v) is 14.3. The van der Waals surface area contributed by atoms with Crippen LogP contribution in [0.25, 0.3) is 12.2 Å². The molecule has 0 unspecified atom stereocenters. The van der Waals surface area contributed by atoms with Crippen molar-refractivity contribution in [3.05, 3.63) is 47.5 Å². The third-order valence-corrected chi connectivity index (χ3v) is 6.64. The van der Waals surface area contributed by atoms with Gasteiger partial charge in [-0.05, 0) is 87.5 Å². The fraction of sp³-hybridized carbons (Fsp3) is 0.273. The standard InChI is InChI=1S/C22H28N4O6S4/c1-13(2)23-21(33)25-17-9-7-15(19(11-17)35(27,28)29)5-6-16-8-10-18(12-20(16)36(30,31)32)26-22(34)24-14(3)4/h5-14H,1-4H3,(H2,23,25,33)(H2,24,26,34)(H,27,28,29)(H,30,31,32). The van der Waals surface area contributed by atoms with E-state index in [9.17, 15) is 25.9 Å². The van der Waals surface area contributed by atoms with Gasteiger partial charge in [0.1, 0.15) is 9.79 Å². The average Bonchev–Trinajstić information content (AvgIpc) is 2.70. The van der Waals surface area contributed by atoms with Crippen molar-refractivity contribution >= 4 is 78.4 Å². The molecule has 36 heavy (non-hydrogen) atoms. The van der Waals surface area contributed by atoms with Crippen molar-refractivity contribution in [3.8, 4) is 0 Å². The van der Waals surface area contributed by atoms with Gasteiger partial charge in [0.05, 0.1) is 0 Å². The van der Waals surface area contributed by atoms with Crippen molar-refractivity contribution in [2.45, 2.75) is 49.6 Å². The fourth-order valence-corrected chi connectivity index (χ4v) is 5.11. The van der Waals surface area contributed by atoms with E-state index in [1.54, 1.807) is 12.1 Å². The Morgan fingerprint density at radius 3 is 1.33 bits per heavy atom. The normalized spacial score (nSPS) is 12.1. The second-order valence-corrected chi connectivity index (χ2v) is 11.9. The highest BCUT2D eigenvalue weighted by atomic mass is 32.2. The van der Waals surface area contributed by atoms with Gasteiger partial charge < -0.3 is 21.3 Å². The molecule has 2 rings (SSSR count). The maximum Gasteiger partial charge on any atom is 0.295 e. The smallest absolute Gasteiger partial charge is 0.295 e. The Labute approximate surface area is 222 Å². The first-order chi connectivity index (χ1) is 16.6. The lowest BCUT2D eigenvalue weighted by atomic mass is 10.1. The van der Waals surface area contributed by atoms with Gasteiger partial charge in [-0.15, -0.1) is 0 Å². The number of benzene rings is 2. The van der Waals surface area contributed by atoms with Crippen LogP contribution in [0.15, 0.2) is 46.2 Å². The van der Waals surface area contributed by atoms with Crippen LogP contribution in [-0.2, 0) is 20.2 Å². The van der Waals surface area contributed by atoms with Crippen LogP contribution < -0.4 is 21.3 Å². The zero-order valence-corrected chi connectivity index (χ0v) is 23.2. The maximum atomic E-state index is 12.0. The number of hydrogen-bond donors (Lipinski definition) is 6. The molecule has 0 spiro atoms. The molecule has 6 N–H and O–H groups in total. The molecule has 0 atom stereocenters.